The number of carbonyl (C=O) groups excluding carboxylic acids is 2. The van der Waals surface area contributed by atoms with Gasteiger partial charge in [-0.15, -0.1) is 0 Å². The zero-order valence-corrected chi connectivity index (χ0v) is 22.7. The lowest BCUT2D eigenvalue weighted by molar-refractivity contribution is -0.140. The number of carbonyl (C=O) groups is 2. The minimum atomic E-state index is -0.386. The maximum atomic E-state index is 11.8. The number of aromatic nitrogens is 1. The zero-order chi connectivity index (χ0) is 27.9. The molecule has 0 aliphatic heterocycles. The number of nitrogens with zero attached hydrogens (tertiary/aromatic N) is 1. The van der Waals surface area contributed by atoms with Gasteiger partial charge >= 0.3 is 11.9 Å². The second-order valence-electron chi connectivity index (χ2n) is 8.73. The summed E-state index contributed by atoms with van der Waals surface area (Å²) in [6, 6.07) is 18.9. The molecule has 1 heterocycles. The van der Waals surface area contributed by atoms with Gasteiger partial charge in [-0.05, 0) is 72.9 Å². The average Bonchev–Trinajstić information content (AvgIpc) is 2.98. The maximum Gasteiger partial charge on any atom is 0.337 e. The van der Waals surface area contributed by atoms with Gasteiger partial charge in [-0.3, -0.25) is 4.79 Å². The number of hydrogen-bond acceptors (Lipinski definition) is 7. The summed E-state index contributed by atoms with van der Waals surface area (Å²) in [6.07, 6.45) is 11.4. The molecule has 0 amide bonds. The van der Waals surface area contributed by atoms with E-state index in [9.17, 15) is 9.59 Å². The second kappa shape index (κ2) is 15.8. The van der Waals surface area contributed by atoms with Gasteiger partial charge in [0, 0.05) is 6.42 Å². The smallest absolute Gasteiger partial charge is 0.337 e. The van der Waals surface area contributed by atoms with Gasteiger partial charge in [-0.2, -0.15) is 0 Å². The Hall–Kier alpha value is -4.39. The second-order valence-corrected chi connectivity index (χ2v) is 8.73. The van der Waals surface area contributed by atoms with Gasteiger partial charge in [0.2, 0.25) is 0 Å². The molecule has 39 heavy (non-hydrogen) atoms. The molecule has 0 aliphatic rings. The van der Waals surface area contributed by atoms with Gasteiger partial charge < -0.3 is 18.9 Å². The molecule has 0 saturated heterocycles. The van der Waals surface area contributed by atoms with Crippen LogP contribution in [0, 0.1) is 0 Å². The Labute approximate surface area is 230 Å². The average molecular weight is 530 g/mol. The largest absolute Gasteiger partial charge is 0.497 e. The Morgan fingerprint density at radius 3 is 2.41 bits per heavy atom. The molecule has 7 nitrogen and oxygen atoms in total. The molecule has 0 fully saturated rings. The number of aryl methyl sites for hydroxylation is 1. The normalized spacial score (nSPS) is 11.1. The fourth-order valence-corrected chi connectivity index (χ4v) is 3.78. The number of rotatable bonds is 14. The lowest BCUT2D eigenvalue weighted by Gasteiger charge is -2.11. The number of hydrogen-bond donors (Lipinski definition) is 0. The molecule has 2 aromatic carbocycles. The van der Waals surface area contributed by atoms with Gasteiger partial charge in [0.15, 0.2) is 0 Å². The van der Waals surface area contributed by atoms with Crippen molar-refractivity contribution >= 4 is 30.2 Å². The number of unbranched alkanes of at least 4 members (excludes halogenated alkanes) is 2. The zero-order valence-electron chi connectivity index (χ0n) is 22.7. The van der Waals surface area contributed by atoms with Crippen molar-refractivity contribution in [2.24, 2.45) is 0 Å². The summed E-state index contributed by atoms with van der Waals surface area (Å²) < 4.78 is 20.8. The van der Waals surface area contributed by atoms with Crippen molar-refractivity contribution in [1.82, 2.24) is 4.98 Å². The van der Waals surface area contributed by atoms with Crippen molar-refractivity contribution < 1.29 is 28.5 Å². The Balaban J connectivity index is 1.57. The Bertz CT molecular complexity index is 1280. The molecule has 0 atom stereocenters. The van der Waals surface area contributed by atoms with Crippen LogP contribution in [-0.4, -0.2) is 44.9 Å². The van der Waals surface area contributed by atoms with E-state index in [4.69, 9.17) is 23.9 Å². The van der Waals surface area contributed by atoms with E-state index in [-0.39, 0.29) is 18.4 Å². The molecule has 0 spiro atoms. The van der Waals surface area contributed by atoms with Gasteiger partial charge in [-0.1, -0.05) is 42.5 Å². The molecular weight excluding hydrogens is 494 g/mol. The van der Waals surface area contributed by atoms with Crippen LogP contribution in [0.25, 0.3) is 18.2 Å². The van der Waals surface area contributed by atoms with Crippen molar-refractivity contribution in [3.8, 4) is 11.5 Å². The van der Waals surface area contributed by atoms with Crippen molar-refractivity contribution in [3.05, 3.63) is 94.8 Å². The molecule has 3 rings (SSSR count). The highest BCUT2D eigenvalue weighted by atomic mass is 16.5. The summed E-state index contributed by atoms with van der Waals surface area (Å²) in [5.41, 5.74) is 3.88. The van der Waals surface area contributed by atoms with E-state index in [1.807, 2.05) is 54.6 Å². The van der Waals surface area contributed by atoms with Crippen LogP contribution in [-0.2, 0) is 20.7 Å². The van der Waals surface area contributed by atoms with Crippen LogP contribution in [0.3, 0.4) is 0 Å². The highest BCUT2D eigenvalue weighted by Crippen LogP contribution is 2.21. The molecule has 7 heteroatoms. The summed E-state index contributed by atoms with van der Waals surface area (Å²) in [6.45, 7) is 0.554. The molecule has 1 aromatic heterocycles. The van der Waals surface area contributed by atoms with E-state index in [1.54, 1.807) is 25.3 Å². The first-order valence-corrected chi connectivity index (χ1v) is 12.9. The summed E-state index contributed by atoms with van der Waals surface area (Å²) in [5.74, 6) is 0.826. The Kier molecular flexibility index (Phi) is 11.8. The fourth-order valence-electron chi connectivity index (χ4n) is 3.78. The van der Waals surface area contributed by atoms with Crippen LogP contribution in [0.2, 0.25) is 0 Å². The minimum absolute atomic E-state index is 0.213. The van der Waals surface area contributed by atoms with Gasteiger partial charge in [0.25, 0.3) is 0 Å². The molecule has 0 unspecified atom stereocenters. The van der Waals surface area contributed by atoms with Gasteiger partial charge in [0.05, 0.1) is 51.3 Å². The number of allylic oxidation sites excluding steroid dienone is 1. The number of pyridine rings is 1. The highest BCUT2D eigenvalue weighted by Gasteiger charge is 2.10. The number of esters is 2. The summed E-state index contributed by atoms with van der Waals surface area (Å²) >= 11 is 0. The third-order valence-corrected chi connectivity index (χ3v) is 5.95. The quantitative estimate of drug-likeness (QED) is 0.176. The number of ether oxygens (including phenoxy) is 4. The van der Waals surface area contributed by atoms with E-state index in [0.29, 0.717) is 35.7 Å². The molecule has 0 aliphatic carbocycles. The predicted octanol–water partition coefficient (Wildman–Crippen LogP) is 6.42. The van der Waals surface area contributed by atoms with E-state index < -0.39 is 0 Å². The van der Waals surface area contributed by atoms with Crippen LogP contribution in [0.1, 0.15) is 58.6 Å². The van der Waals surface area contributed by atoms with Gasteiger partial charge in [0.1, 0.15) is 11.5 Å². The molecule has 204 valence electrons. The molecule has 0 N–H and O–H groups in total. The number of methoxy groups -OCH3 is 3. The van der Waals surface area contributed by atoms with Crippen LogP contribution < -0.4 is 9.47 Å². The maximum absolute atomic E-state index is 11.8. The standard InChI is InChI=1S/C32H35NO6/c1-36-28-17-13-24(14-18-28)9-6-4-5-7-22-39-30-20-16-27(33-29(30)19-21-31(34)37-2)15-12-25-10-8-11-26(23-25)32(35)38-3/h6,8-18,20,23H,4-5,7,19,21-22H2,1-3H3/b9-6+,15-12+. The number of benzene rings is 2. The summed E-state index contributed by atoms with van der Waals surface area (Å²) in [5, 5.41) is 0. The highest BCUT2D eigenvalue weighted by molar-refractivity contribution is 5.90. The Morgan fingerprint density at radius 1 is 0.846 bits per heavy atom. The van der Waals surface area contributed by atoms with E-state index >= 15 is 0 Å². The van der Waals surface area contributed by atoms with Gasteiger partial charge in [-0.25, -0.2) is 9.78 Å². The Morgan fingerprint density at radius 2 is 1.67 bits per heavy atom. The van der Waals surface area contributed by atoms with Crippen LogP contribution in [0.4, 0.5) is 0 Å². The SMILES string of the molecule is COC(=O)CCc1nc(/C=C/c2cccc(C(=O)OC)c2)ccc1OCCCC/C=C/c1ccc(OC)cc1. The predicted molar refractivity (Wildman–Crippen MR) is 153 cm³/mol. The first kappa shape index (κ1) is 29.2. The first-order valence-electron chi connectivity index (χ1n) is 12.9. The van der Waals surface area contributed by atoms with Crippen LogP contribution >= 0.6 is 0 Å². The monoisotopic (exact) mass is 529 g/mol. The van der Waals surface area contributed by atoms with E-state index in [1.165, 1.54) is 14.2 Å². The minimum Gasteiger partial charge on any atom is -0.497 e. The molecule has 3 aromatic rings. The first-order chi connectivity index (χ1) is 19.0. The van der Waals surface area contributed by atoms with E-state index in [0.717, 1.165) is 36.1 Å². The van der Waals surface area contributed by atoms with Crippen molar-refractivity contribution in [1.29, 1.82) is 0 Å². The molecule has 0 radical (unpaired) electrons. The third-order valence-electron chi connectivity index (χ3n) is 5.95. The van der Waals surface area contributed by atoms with Crippen LogP contribution in [0.5, 0.6) is 11.5 Å². The lowest BCUT2D eigenvalue weighted by Crippen LogP contribution is -2.07. The molecule has 0 bridgehead atoms. The lowest BCUT2D eigenvalue weighted by atomic mass is 10.1. The fraction of sp³-hybridized carbons (Fsp3) is 0.281. The van der Waals surface area contributed by atoms with Crippen LogP contribution in [0.15, 0.2) is 66.7 Å². The van der Waals surface area contributed by atoms with Crippen molar-refractivity contribution in [3.63, 3.8) is 0 Å². The van der Waals surface area contributed by atoms with Crippen molar-refractivity contribution in [2.45, 2.75) is 32.1 Å². The van der Waals surface area contributed by atoms with E-state index in [2.05, 4.69) is 12.2 Å². The third kappa shape index (κ3) is 9.78. The molecular formula is C32H35NO6. The van der Waals surface area contributed by atoms with Crippen molar-refractivity contribution in [2.75, 3.05) is 27.9 Å². The topological polar surface area (TPSA) is 84.0 Å². The summed E-state index contributed by atoms with van der Waals surface area (Å²) in [4.78, 5) is 28.2. The molecule has 0 saturated carbocycles. The summed E-state index contributed by atoms with van der Waals surface area (Å²) in [7, 11) is 4.39.